The fourth-order valence-corrected chi connectivity index (χ4v) is 2.29. The third-order valence-corrected chi connectivity index (χ3v) is 3.33. The number of benzene rings is 1. The molecule has 0 bridgehead atoms. The lowest BCUT2D eigenvalue weighted by molar-refractivity contribution is 0.216. The molecule has 16 heavy (non-hydrogen) atoms. The molecule has 0 N–H and O–H groups in total. The van der Waals surface area contributed by atoms with Crippen LogP contribution >= 0.6 is 0 Å². The zero-order chi connectivity index (χ0) is 11.5. The molecule has 0 atom stereocenters. The molecule has 0 radical (unpaired) electrons. The van der Waals surface area contributed by atoms with Gasteiger partial charge in [0, 0.05) is 12.6 Å². The van der Waals surface area contributed by atoms with Crippen molar-refractivity contribution in [1.29, 1.82) is 5.26 Å². The summed E-state index contributed by atoms with van der Waals surface area (Å²) < 4.78 is 0. The Balaban J connectivity index is 2.29. The molecule has 0 aliphatic carbocycles. The van der Waals surface area contributed by atoms with Gasteiger partial charge in [-0.25, -0.2) is 0 Å². The second-order valence-electron chi connectivity index (χ2n) is 4.76. The zero-order valence-electron chi connectivity index (χ0n) is 10.0. The first-order chi connectivity index (χ1) is 7.70. The minimum absolute atomic E-state index is 0.599. The van der Waals surface area contributed by atoms with Gasteiger partial charge in [-0.1, -0.05) is 6.07 Å². The molecule has 2 nitrogen and oxygen atoms in total. The highest BCUT2D eigenvalue weighted by Crippen LogP contribution is 2.21. The van der Waals surface area contributed by atoms with Gasteiger partial charge in [0.1, 0.15) is 0 Å². The first-order valence-electron chi connectivity index (χ1n) is 5.96. The van der Waals surface area contributed by atoms with Crippen LogP contribution in [0.2, 0.25) is 0 Å². The summed E-state index contributed by atoms with van der Waals surface area (Å²) in [6.45, 7) is 6.68. The molecular weight excluding hydrogens is 196 g/mol. The average molecular weight is 214 g/mol. The van der Waals surface area contributed by atoms with Gasteiger partial charge in [-0.2, -0.15) is 5.26 Å². The Morgan fingerprint density at radius 3 is 2.81 bits per heavy atom. The summed E-state index contributed by atoms with van der Waals surface area (Å²) in [6.07, 6.45) is 2.30. The van der Waals surface area contributed by atoms with E-state index in [9.17, 15) is 0 Å². The third-order valence-electron chi connectivity index (χ3n) is 3.33. The Labute approximate surface area is 97.5 Å². The molecule has 1 aliphatic rings. The van der Waals surface area contributed by atoms with Crippen molar-refractivity contribution >= 4 is 0 Å². The highest BCUT2D eigenvalue weighted by molar-refractivity contribution is 5.38. The van der Waals surface area contributed by atoms with E-state index in [4.69, 9.17) is 5.26 Å². The second-order valence-corrected chi connectivity index (χ2v) is 4.76. The summed E-state index contributed by atoms with van der Waals surface area (Å²) >= 11 is 0. The first-order valence-corrected chi connectivity index (χ1v) is 5.96. The Hall–Kier alpha value is -1.33. The molecule has 1 aliphatic heterocycles. The molecule has 84 valence electrons. The molecule has 0 saturated heterocycles. The summed E-state index contributed by atoms with van der Waals surface area (Å²) in [4.78, 5) is 2.50. The molecule has 0 saturated carbocycles. The van der Waals surface area contributed by atoms with Crippen LogP contribution in [-0.4, -0.2) is 17.5 Å². The Kier molecular flexibility index (Phi) is 3.26. The second kappa shape index (κ2) is 4.67. The Morgan fingerprint density at radius 1 is 1.31 bits per heavy atom. The van der Waals surface area contributed by atoms with Crippen LogP contribution in [0, 0.1) is 11.3 Å². The number of fused-ring (bicyclic) bond motifs is 1. The maximum atomic E-state index is 8.89. The van der Waals surface area contributed by atoms with E-state index >= 15 is 0 Å². The third kappa shape index (κ3) is 2.25. The number of aryl methyl sites for hydroxylation is 1. The van der Waals surface area contributed by atoms with Crippen LogP contribution in [0.5, 0.6) is 0 Å². The molecule has 1 heterocycles. The molecule has 1 aromatic rings. The normalized spacial score (nSPS) is 16.6. The summed E-state index contributed by atoms with van der Waals surface area (Å²) in [5.74, 6) is 0. The van der Waals surface area contributed by atoms with E-state index in [0.29, 0.717) is 6.04 Å². The van der Waals surface area contributed by atoms with Gasteiger partial charge in [0.2, 0.25) is 0 Å². The van der Waals surface area contributed by atoms with Crippen LogP contribution in [0.15, 0.2) is 18.2 Å². The largest absolute Gasteiger partial charge is 0.297 e. The molecular formula is C14H18N2. The molecule has 0 unspecified atom stereocenters. The van der Waals surface area contributed by atoms with E-state index in [1.165, 1.54) is 17.5 Å². The summed E-state index contributed by atoms with van der Waals surface area (Å²) in [6, 6.07) is 8.92. The standard InChI is InChI=1S/C14H18N2/c1-11(2)16-7-3-4-13-8-12(9-15)5-6-14(13)10-16/h5-6,8,11H,3-4,7,10H2,1-2H3. The van der Waals surface area contributed by atoms with Gasteiger partial charge in [0.25, 0.3) is 0 Å². The predicted octanol–water partition coefficient (Wildman–Crippen LogP) is 2.71. The van der Waals surface area contributed by atoms with Crippen LogP contribution in [0.3, 0.4) is 0 Å². The van der Waals surface area contributed by atoms with Gasteiger partial charge >= 0.3 is 0 Å². The molecule has 0 fully saturated rings. The van der Waals surface area contributed by atoms with Gasteiger partial charge in [-0.05, 0) is 56.5 Å². The fourth-order valence-electron chi connectivity index (χ4n) is 2.29. The topological polar surface area (TPSA) is 27.0 Å². The van der Waals surface area contributed by atoms with Crippen molar-refractivity contribution in [3.05, 3.63) is 34.9 Å². The molecule has 0 spiro atoms. The van der Waals surface area contributed by atoms with Crippen LogP contribution in [0.4, 0.5) is 0 Å². The van der Waals surface area contributed by atoms with Crippen molar-refractivity contribution in [3.63, 3.8) is 0 Å². The van der Waals surface area contributed by atoms with E-state index in [1.54, 1.807) is 0 Å². The lowest BCUT2D eigenvalue weighted by atomic mass is 10.0. The van der Waals surface area contributed by atoms with Crippen molar-refractivity contribution < 1.29 is 0 Å². The van der Waals surface area contributed by atoms with E-state index in [0.717, 1.165) is 25.1 Å². The highest BCUT2D eigenvalue weighted by atomic mass is 15.1. The highest BCUT2D eigenvalue weighted by Gasteiger charge is 2.16. The fraction of sp³-hybridized carbons (Fsp3) is 0.500. The SMILES string of the molecule is CC(C)N1CCCc2cc(C#N)ccc2C1. The van der Waals surface area contributed by atoms with Crippen molar-refractivity contribution in [3.8, 4) is 6.07 Å². The number of rotatable bonds is 1. The van der Waals surface area contributed by atoms with E-state index < -0.39 is 0 Å². The quantitative estimate of drug-likeness (QED) is 0.718. The molecule has 2 heteroatoms. The number of hydrogen-bond donors (Lipinski definition) is 0. The lowest BCUT2D eigenvalue weighted by Gasteiger charge is -2.24. The number of nitriles is 1. The van der Waals surface area contributed by atoms with Crippen molar-refractivity contribution in [2.45, 2.75) is 39.3 Å². The maximum Gasteiger partial charge on any atom is 0.0991 e. The van der Waals surface area contributed by atoms with Crippen molar-refractivity contribution in [2.24, 2.45) is 0 Å². The molecule has 0 amide bonds. The van der Waals surface area contributed by atoms with Gasteiger partial charge < -0.3 is 0 Å². The minimum atomic E-state index is 0.599. The Bertz CT molecular complexity index is 415. The predicted molar refractivity (Wildman–Crippen MR) is 65.0 cm³/mol. The average Bonchev–Trinajstić information content (AvgIpc) is 2.49. The molecule has 0 aromatic heterocycles. The van der Waals surface area contributed by atoms with Crippen LogP contribution < -0.4 is 0 Å². The Morgan fingerprint density at radius 2 is 2.12 bits per heavy atom. The summed E-state index contributed by atoms with van der Waals surface area (Å²) in [7, 11) is 0. The van der Waals surface area contributed by atoms with Gasteiger partial charge in [-0.15, -0.1) is 0 Å². The molecule has 1 aromatic carbocycles. The van der Waals surface area contributed by atoms with Crippen molar-refractivity contribution in [1.82, 2.24) is 4.90 Å². The van der Waals surface area contributed by atoms with E-state index in [-0.39, 0.29) is 0 Å². The monoisotopic (exact) mass is 214 g/mol. The van der Waals surface area contributed by atoms with Crippen LogP contribution in [0.25, 0.3) is 0 Å². The number of hydrogen-bond acceptors (Lipinski definition) is 2. The minimum Gasteiger partial charge on any atom is -0.297 e. The maximum absolute atomic E-state index is 8.89. The number of nitrogens with zero attached hydrogens (tertiary/aromatic N) is 2. The molecule has 2 rings (SSSR count). The van der Waals surface area contributed by atoms with Gasteiger partial charge in [-0.3, -0.25) is 4.90 Å². The van der Waals surface area contributed by atoms with Gasteiger partial charge in [0.05, 0.1) is 11.6 Å². The van der Waals surface area contributed by atoms with E-state index in [2.05, 4.69) is 36.9 Å². The first kappa shape index (κ1) is 11.2. The van der Waals surface area contributed by atoms with Gasteiger partial charge in [0.15, 0.2) is 0 Å². The van der Waals surface area contributed by atoms with E-state index in [1.807, 2.05) is 6.07 Å². The summed E-state index contributed by atoms with van der Waals surface area (Å²) in [5.41, 5.74) is 3.55. The van der Waals surface area contributed by atoms with Crippen molar-refractivity contribution in [2.75, 3.05) is 6.54 Å². The zero-order valence-corrected chi connectivity index (χ0v) is 10.0. The lowest BCUT2D eigenvalue weighted by Crippen LogP contribution is -2.30. The smallest absolute Gasteiger partial charge is 0.0991 e. The van der Waals surface area contributed by atoms with Crippen LogP contribution in [-0.2, 0) is 13.0 Å². The summed E-state index contributed by atoms with van der Waals surface area (Å²) in [5, 5.41) is 8.89. The van der Waals surface area contributed by atoms with Crippen LogP contribution in [0.1, 0.15) is 37.0 Å².